The van der Waals surface area contributed by atoms with Gasteiger partial charge in [-0.1, -0.05) is 23.4 Å². The summed E-state index contributed by atoms with van der Waals surface area (Å²) in [5.41, 5.74) is 4.24. The molecule has 174 valence electrons. The Morgan fingerprint density at radius 3 is 2.76 bits per heavy atom. The maximum absolute atomic E-state index is 13.7. The quantitative estimate of drug-likeness (QED) is 0.128. The highest BCUT2D eigenvalue weighted by molar-refractivity contribution is 9.11. The standard InChI is InChI=1S/C23H18BrClN4O2S3/c24-18-10-9-15(33-18)11-26-28-19(30)12-32-23-27-21-20(16-3-1-2-4-17(16)34-21)22(31)29(23)14-7-5-13(25)6-8-14/h5-11H,1-4,12H2,(H,28,30). The Kier molecular flexibility index (Phi) is 7.22. The van der Waals surface area contributed by atoms with Gasteiger partial charge in [0.2, 0.25) is 0 Å². The van der Waals surface area contributed by atoms with Crippen LogP contribution in [0.2, 0.25) is 5.02 Å². The summed E-state index contributed by atoms with van der Waals surface area (Å²) in [6.45, 7) is 0. The van der Waals surface area contributed by atoms with Crippen LogP contribution in [0.1, 0.15) is 28.2 Å². The minimum atomic E-state index is -0.278. The minimum absolute atomic E-state index is 0.0715. The van der Waals surface area contributed by atoms with Crippen LogP contribution in [0.4, 0.5) is 0 Å². The Balaban J connectivity index is 1.45. The molecule has 6 nitrogen and oxygen atoms in total. The van der Waals surface area contributed by atoms with Gasteiger partial charge in [-0.2, -0.15) is 5.10 Å². The van der Waals surface area contributed by atoms with E-state index in [0.717, 1.165) is 44.7 Å². The number of carbonyl (C=O) groups is 1. The highest BCUT2D eigenvalue weighted by Gasteiger charge is 2.23. The van der Waals surface area contributed by atoms with Crippen molar-refractivity contribution in [2.75, 3.05) is 5.75 Å². The molecule has 5 rings (SSSR count). The average molecular weight is 594 g/mol. The number of hydrogen-bond donors (Lipinski definition) is 1. The van der Waals surface area contributed by atoms with Crippen molar-refractivity contribution in [1.29, 1.82) is 0 Å². The van der Waals surface area contributed by atoms with Crippen LogP contribution in [0.15, 0.2) is 55.2 Å². The first-order valence-electron chi connectivity index (χ1n) is 10.5. The molecular weight excluding hydrogens is 576 g/mol. The molecule has 0 radical (unpaired) electrons. The van der Waals surface area contributed by atoms with E-state index in [9.17, 15) is 9.59 Å². The van der Waals surface area contributed by atoms with Crippen LogP contribution in [0, 0.1) is 0 Å². The lowest BCUT2D eigenvalue weighted by atomic mass is 9.97. The Morgan fingerprint density at radius 1 is 1.21 bits per heavy atom. The van der Waals surface area contributed by atoms with Crippen LogP contribution in [0.25, 0.3) is 15.9 Å². The molecule has 0 unspecified atom stereocenters. The molecule has 3 aromatic heterocycles. The number of carbonyl (C=O) groups excluding carboxylic acids is 1. The van der Waals surface area contributed by atoms with E-state index < -0.39 is 0 Å². The molecule has 1 aliphatic carbocycles. The molecule has 1 N–H and O–H groups in total. The second-order valence-corrected chi connectivity index (χ2v) is 12.6. The van der Waals surface area contributed by atoms with Crippen molar-refractivity contribution < 1.29 is 4.79 Å². The molecule has 0 atom stereocenters. The minimum Gasteiger partial charge on any atom is -0.272 e. The summed E-state index contributed by atoms with van der Waals surface area (Å²) in [7, 11) is 0. The van der Waals surface area contributed by atoms with Gasteiger partial charge in [-0.05, 0) is 83.6 Å². The fraction of sp³-hybridized carbons (Fsp3) is 0.217. The summed E-state index contributed by atoms with van der Waals surface area (Å²) < 4.78 is 2.58. The molecule has 34 heavy (non-hydrogen) atoms. The molecule has 0 aliphatic heterocycles. The first kappa shape index (κ1) is 23.7. The summed E-state index contributed by atoms with van der Waals surface area (Å²) in [5.74, 6) is -0.207. The molecule has 1 amide bonds. The van der Waals surface area contributed by atoms with Gasteiger partial charge in [0.1, 0.15) is 4.83 Å². The lowest BCUT2D eigenvalue weighted by Crippen LogP contribution is -2.24. The zero-order valence-electron chi connectivity index (χ0n) is 17.7. The number of amides is 1. The van der Waals surface area contributed by atoms with E-state index in [2.05, 4.69) is 26.5 Å². The fourth-order valence-corrected chi connectivity index (χ4v) is 7.36. The molecule has 1 aromatic carbocycles. The maximum Gasteiger partial charge on any atom is 0.267 e. The maximum atomic E-state index is 13.7. The number of aromatic nitrogens is 2. The van der Waals surface area contributed by atoms with E-state index in [1.807, 2.05) is 12.1 Å². The van der Waals surface area contributed by atoms with Gasteiger partial charge in [-0.3, -0.25) is 14.2 Å². The number of aryl methyl sites for hydroxylation is 2. The zero-order valence-corrected chi connectivity index (χ0v) is 22.5. The molecule has 4 aromatic rings. The van der Waals surface area contributed by atoms with Gasteiger partial charge in [0.15, 0.2) is 5.16 Å². The van der Waals surface area contributed by atoms with Gasteiger partial charge in [0.25, 0.3) is 11.5 Å². The summed E-state index contributed by atoms with van der Waals surface area (Å²) in [6.07, 6.45) is 5.71. The van der Waals surface area contributed by atoms with Gasteiger partial charge in [-0.15, -0.1) is 22.7 Å². The molecular formula is C23H18BrClN4O2S3. The van der Waals surface area contributed by atoms with Gasteiger partial charge in [-0.25, -0.2) is 10.4 Å². The Bertz CT molecular complexity index is 1460. The molecule has 3 heterocycles. The number of hydrogen-bond acceptors (Lipinski definition) is 7. The monoisotopic (exact) mass is 592 g/mol. The number of thioether (sulfide) groups is 1. The molecule has 0 bridgehead atoms. The van der Waals surface area contributed by atoms with E-state index in [1.54, 1.807) is 46.4 Å². The van der Waals surface area contributed by atoms with E-state index in [4.69, 9.17) is 16.6 Å². The van der Waals surface area contributed by atoms with Crippen LogP contribution in [-0.4, -0.2) is 27.4 Å². The first-order chi connectivity index (χ1) is 16.5. The lowest BCUT2D eigenvalue weighted by Gasteiger charge is -2.13. The molecule has 0 saturated heterocycles. The fourth-order valence-electron chi connectivity index (χ4n) is 3.83. The van der Waals surface area contributed by atoms with E-state index >= 15 is 0 Å². The molecule has 11 heteroatoms. The van der Waals surface area contributed by atoms with E-state index in [1.165, 1.54) is 28.0 Å². The van der Waals surface area contributed by atoms with Crippen molar-refractivity contribution >= 4 is 84.3 Å². The number of nitrogens with zero attached hydrogens (tertiary/aromatic N) is 3. The third kappa shape index (κ3) is 5.01. The lowest BCUT2D eigenvalue weighted by molar-refractivity contribution is -0.118. The van der Waals surface area contributed by atoms with Crippen LogP contribution in [0.3, 0.4) is 0 Å². The second kappa shape index (κ2) is 10.3. The Morgan fingerprint density at radius 2 is 2.00 bits per heavy atom. The number of nitrogens with one attached hydrogen (secondary N) is 1. The topological polar surface area (TPSA) is 76.3 Å². The van der Waals surface area contributed by atoms with Crippen LogP contribution in [-0.2, 0) is 17.6 Å². The predicted octanol–water partition coefficient (Wildman–Crippen LogP) is 6.05. The molecule has 0 fully saturated rings. The van der Waals surface area contributed by atoms with Crippen molar-refractivity contribution in [3.05, 3.63) is 70.9 Å². The third-order valence-corrected chi connectivity index (χ3v) is 9.28. The summed E-state index contributed by atoms with van der Waals surface area (Å²) in [6, 6.07) is 10.9. The number of rotatable bonds is 6. The van der Waals surface area contributed by atoms with Gasteiger partial charge in [0.05, 0.1) is 26.8 Å². The normalized spacial score (nSPS) is 13.5. The Labute approximate surface area is 221 Å². The number of thiophene rings is 2. The van der Waals surface area contributed by atoms with E-state index in [0.29, 0.717) is 21.3 Å². The number of halogens is 2. The smallest absolute Gasteiger partial charge is 0.267 e. The van der Waals surface area contributed by atoms with Crippen molar-refractivity contribution in [3.8, 4) is 5.69 Å². The molecule has 1 aliphatic rings. The van der Waals surface area contributed by atoms with Crippen LogP contribution < -0.4 is 11.0 Å². The Hall–Kier alpha value is -1.98. The van der Waals surface area contributed by atoms with Crippen molar-refractivity contribution in [3.63, 3.8) is 0 Å². The summed E-state index contributed by atoms with van der Waals surface area (Å²) >= 11 is 13.8. The van der Waals surface area contributed by atoms with Crippen molar-refractivity contribution in [1.82, 2.24) is 15.0 Å². The van der Waals surface area contributed by atoms with Gasteiger partial charge < -0.3 is 0 Å². The third-order valence-electron chi connectivity index (χ3n) is 5.35. The number of hydrazone groups is 1. The van der Waals surface area contributed by atoms with Crippen molar-refractivity contribution in [2.24, 2.45) is 5.10 Å². The summed E-state index contributed by atoms with van der Waals surface area (Å²) in [5, 5.41) is 5.78. The number of benzene rings is 1. The SMILES string of the molecule is O=C(CSc1nc2sc3c(c2c(=O)n1-c1ccc(Cl)cc1)CCCC3)NN=Cc1ccc(Br)s1. The average Bonchev–Trinajstić information content (AvgIpc) is 3.41. The van der Waals surface area contributed by atoms with Gasteiger partial charge >= 0.3 is 0 Å². The predicted molar refractivity (Wildman–Crippen MR) is 145 cm³/mol. The van der Waals surface area contributed by atoms with Crippen molar-refractivity contribution in [2.45, 2.75) is 30.8 Å². The number of fused-ring (bicyclic) bond motifs is 3. The zero-order chi connectivity index (χ0) is 23.7. The van der Waals surface area contributed by atoms with Crippen LogP contribution >= 0.6 is 62.0 Å². The highest BCUT2D eigenvalue weighted by atomic mass is 79.9. The largest absolute Gasteiger partial charge is 0.272 e. The van der Waals surface area contributed by atoms with Crippen LogP contribution in [0.5, 0.6) is 0 Å². The molecule has 0 saturated carbocycles. The van der Waals surface area contributed by atoms with E-state index in [-0.39, 0.29) is 17.2 Å². The van der Waals surface area contributed by atoms with Gasteiger partial charge in [0, 0.05) is 14.8 Å². The first-order valence-corrected chi connectivity index (χ1v) is 14.3. The second-order valence-electron chi connectivity index (χ2n) is 7.63. The summed E-state index contributed by atoms with van der Waals surface area (Å²) in [4.78, 5) is 33.9. The highest BCUT2D eigenvalue weighted by Crippen LogP contribution is 2.35. The molecule has 0 spiro atoms.